The van der Waals surface area contributed by atoms with E-state index in [4.69, 9.17) is 16.4 Å². The molecule has 0 aromatic rings. The summed E-state index contributed by atoms with van der Waals surface area (Å²) >= 11 is 0. The number of nitrogens with zero attached hydrogens (tertiary/aromatic N) is 1. The van der Waals surface area contributed by atoms with Crippen LogP contribution in [0.15, 0.2) is 23.5 Å². The van der Waals surface area contributed by atoms with E-state index in [2.05, 4.69) is 5.92 Å². The smallest absolute Gasteiger partial charge is 0.138 e. The third-order valence-electron chi connectivity index (χ3n) is 1.70. The largest absolute Gasteiger partial charge is 0.482 e. The van der Waals surface area contributed by atoms with E-state index < -0.39 is 0 Å². The molecule has 0 aromatic carbocycles. The first-order valence-electron chi connectivity index (χ1n) is 3.58. The van der Waals surface area contributed by atoms with Crippen LogP contribution in [0.5, 0.6) is 0 Å². The second-order valence-corrected chi connectivity index (χ2v) is 2.97. The summed E-state index contributed by atoms with van der Waals surface area (Å²) in [4.78, 5) is 0. The molecule has 0 bridgehead atoms. The van der Waals surface area contributed by atoms with E-state index >= 15 is 0 Å². The number of ether oxygens (including phenoxy) is 1. The third kappa shape index (κ3) is 1.20. The Morgan fingerprint density at radius 1 is 1.50 bits per heavy atom. The lowest BCUT2D eigenvalue weighted by atomic mass is 9.89. The zero-order valence-corrected chi connectivity index (χ0v) is 7.09. The molecule has 60 valence electrons. The van der Waals surface area contributed by atoms with Crippen LogP contribution in [0.25, 0.3) is 0 Å². The standard InChI is InChI=1S/C10H9NO/c1-4-5-8-9(6-7-11)12-10(8,2)3/h1,5-6H,2-3H3/b8-5?,9-6+. The number of hydrogen-bond donors (Lipinski definition) is 0. The monoisotopic (exact) mass is 159 g/mol. The van der Waals surface area contributed by atoms with Gasteiger partial charge in [0.1, 0.15) is 11.4 Å². The van der Waals surface area contributed by atoms with E-state index in [0.717, 1.165) is 5.57 Å². The fourth-order valence-corrected chi connectivity index (χ4v) is 1.13. The zero-order valence-electron chi connectivity index (χ0n) is 7.09. The highest BCUT2D eigenvalue weighted by Crippen LogP contribution is 2.40. The third-order valence-corrected chi connectivity index (χ3v) is 1.70. The SMILES string of the molecule is C#CC=C1/C(=C\C#N)OC1(C)C. The second-order valence-electron chi connectivity index (χ2n) is 2.97. The minimum Gasteiger partial charge on any atom is -0.482 e. The van der Waals surface area contributed by atoms with Crippen LogP contribution < -0.4 is 0 Å². The van der Waals surface area contributed by atoms with Gasteiger partial charge in [0.05, 0.1) is 12.1 Å². The molecule has 0 atom stereocenters. The van der Waals surface area contributed by atoms with E-state index in [-0.39, 0.29) is 5.60 Å². The number of rotatable bonds is 0. The predicted molar refractivity (Wildman–Crippen MR) is 45.8 cm³/mol. The van der Waals surface area contributed by atoms with Gasteiger partial charge in [-0.1, -0.05) is 5.92 Å². The number of allylic oxidation sites excluding steroid dienone is 2. The molecule has 0 radical (unpaired) electrons. The highest BCUT2D eigenvalue weighted by atomic mass is 16.5. The van der Waals surface area contributed by atoms with Gasteiger partial charge in [-0.15, -0.1) is 6.42 Å². The minimum atomic E-state index is -0.338. The molecule has 0 saturated carbocycles. The highest BCUT2D eigenvalue weighted by Gasteiger charge is 2.39. The molecule has 1 rings (SSSR count). The molecular weight excluding hydrogens is 150 g/mol. The van der Waals surface area contributed by atoms with Crippen LogP contribution >= 0.6 is 0 Å². The Balaban J connectivity index is 2.96. The Kier molecular flexibility index (Phi) is 1.93. The molecule has 0 amide bonds. The molecule has 2 nitrogen and oxygen atoms in total. The van der Waals surface area contributed by atoms with Gasteiger partial charge in [0.15, 0.2) is 0 Å². The second kappa shape index (κ2) is 2.75. The normalized spacial score (nSPS) is 25.3. The summed E-state index contributed by atoms with van der Waals surface area (Å²) in [7, 11) is 0. The first-order valence-corrected chi connectivity index (χ1v) is 3.58. The molecule has 0 aromatic heterocycles. The number of terminal acetylenes is 1. The molecule has 12 heavy (non-hydrogen) atoms. The molecule has 0 spiro atoms. The first-order chi connectivity index (χ1) is 5.61. The highest BCUT2D eigenvalue weighted by molar-refractivity contribution is 5.46. The summed E-state index contributed by atoms with van der Waals surface area (Å²) in [5.74, 6) is 3.01. The molecule has 1 saturated heterocycles. The Morgan fingerprint density at radius 2 is 2.17 bits per heavy atom. The van der Waals surface area contributed by atoms with Gasteiger partial charge in [-0.3, -0.25) is 0 Å². The van der Waals surface area contributed by atoms with Crippen molar-refractivity contribution >= 4 is 0 Å². The van der Waals surface area contributed by atoms with E-state index in [1.54, 1.807) is 6.08 Å². The Bertz CT molecular complexity index is 334. The van der Waals surface area contributed by atoms with Gasteiger partial charge in [-0.25, -0.2) is 0 Å². The number of hydrogen-bond acceptors (Lipinski definition) is 2. The van der Waals surface area contributed by atoms with Crippen molar-refractivity contribution in [3.05, 3.63) is 23.5 Å². The molecule has 2 heteroatoms. The van der Waals surface area contributed by atoms with Gasteiger partial charge in [-0.05, 0) is 19.9 Å². The van der Waals surface area contributed by atoms with Crippen molar-refractivity contribution in [2.24, 2.45) is 0 Å². The minimum absolute atomic E-state index is 0.338. The van der Waals surface area contributed by atoms with Crippen molar-refractivity contribution in [3.63, 3.8) is 0 Å². The lowest BCUT2D eigenvalue weighted by Gasteiger charge is -2.40. The van der Waals surface area contributed by atoms with E-state index in [9.17, 15) is 0 Å². The Hall–Kier alpha value is -1.67. The summed E-state index contributed by atoms with van der Waals surface area (Å²) in [6.07, 6.45) is 8.11. The summed E-state index contributed by atoms with van der Waals surface area (Å²) in [6.45, 7) is 3.82. The quantitative estimate of drug-likeness (QED) is 0.398. The molecule has 1 fully saturated rings. The van der Waals surface area contributed by atoms with Crippen molar-refractivity contribution in [2.45, 2.75) is 19.4 Å². The molecule has 1 heterocycles. The Labute approximate surface area is 72.1 Å². The molecule has 0 aliphatic carbocycles. The molecule has 1 aliphatic rings. The van der Waals surface area contributed by atoms with Gasteiger partial charge in [-0.2, -0.15) is 5.26 Å². The molecule has 0 unspecified atom stereocenters. The van der Waals surface area contributed by atoms with Crippen molar-refractivity contribution in [1.82, 2.24) is 0 Å². The lowest BCUT2D eigenvalue weighted by molar-refractivity contribution is 0.00572. The van der Waals surface area contributed by atoms with E-state index in [1.807, 2.05) is 19.9 Å². The van der Waals surface area contributed by atoms with Gasteiger partial charge < -0.3 is 4.74 Å². The first kappa shape index (κ1) is 8.43. The molecule has 0 N–H and O–H groups in total. The van der Waals surface area contributed by atoms with Gasteiger partial charge >= 0.3 is 0 Å². The maximum atomic E-state index is 8.37. The van der Waals surface area contributed by atoms with Crippen molar-refractivity contribution < 1.29 is 4.74 Å². The Morgan fingerprint density at radius 3 is 2.58 bits per heavy atom. The maximum absolute atomic E-state index is 8.37. The zero-order chi connectivity index (χ0) is 9.19. The average Bonchev–Trinajstić information content (AvgIpc) is 2.00. The van der Waals surface area contributed by atoms with Gasteiger partial charge in [0.25, 0.3) is 0 Å². The van der Waals surface area contributed by atoms with Crippen molar-refractivity contribution in [3.8, 4) is 18.4 Å². The molecular formula is C10H9NO. The van der Waals surface area contributed by atoms with Crippen LogP contribution in [0.4, 0.5) is 0 Å². The summed E-state index contributed by atoms with van der Waals surface area (Å²) in [5, 5.41) is 8.37. The fraction of sp³-hybridized carbons (Fsp3) is 0.300. The maximum Gasteiger partial charge on any atom is 0.138 e. The summed E-state index contributed by atoms with van der Waals surface area (Å²) in [6, 6.07) is 1.90. The van der Waals surface area contributed by atoms with Crippen LogP contribution in [0.3, 0.4) is 0 Å². The van der Waals surface area contributed by atoms with Crippen LogP contribution in [-0.2, 0) is 4.74 Å². The van der Waals surface area contributed by atoms with Crippen LogP contribution in [0.1, 0.15) is 13.8 Å². The van der Waals surface area contributed by atoms with Crippen LogP contribution in [0.2, 0.25) is 0 Å². The van der Waals surface area contributed by atoms with Crippen molar-refractivity contribution in [2.75, 3.05) is 0 Å². The van der Waals surface area contributed by atoms with Gasteiger partial charge in [0, 0.05) is 5.57 Å². The molecule has 1 aliphatic heterocycles. The van der Waals surface area contributed by atoms with Crippen molar-refractivity contribution in [1.29, 1.82) is 5.26 Å². The van der Waals surface area contributed by atoms with Crippen LogP contribution in [0, 0.1) is 23.7 Å². The summed E-state index contributed by atoms with van der Waals surface area (Å²) < 4.78 is 5.31. The van der Waals surface area contributed by atoms with E-state index in [0.29, 0.717) is 5.76 Å². The topological polar surface area (TPSA) is 33.0 Å². The lowest BCUT2D eigenvalue weighted by Crippen LogP contribution is -2.38. The predicted octanol–water partition coefficient (Wildman–Crippen LogP) is 1.76. The fourth-order valence-electron chi connectivity index (χ4n) is 1.13. The van der Waals surface area contributed by atoms with Crippen LogP contribution in [-0.4, -0.2) is 5.60 Å². The van der Waals surface area contributed by atoms with E-state index in [1.165, 1.54) is 6.08 Å². The summed E-state index contributed by atoms with van der Waals surface area (Å²) in [5.41, 5.74) is 0.571. The number of nitriles is 1. The average molecular weight is 159 g/mol. The van der Waals surface area contributed by atoms with Gasteiger partial charge in [0.2, 0.25) is 0 Å².